The van der Waals surface area contributed by atoms with Crippen molar-refractivity contribution in [2.24, 2.45) is 0 Å². The fraction of sp³-hybridized carbons (Fsp3) is 0.500. The molecule has 0 bridgehead atoms. The zero-order valence-corrected chi connectivity index (χ0v) is 12.5. The number of hydrogen-bond donors (Lipinski definition) is 1. The van der Waals surface area contributed by atoms with E-state index in [1.807, 2.05) is 0 Å². The van der Waals surface area contributed by atoms with Gasteiger partial charge in [-0.3, -0.25) is 4.79 Å². The van der Waals surface area contributed by atoms with Gasteiger partial charge < -0.3 is 14.4 Å². The van der Waals surface area contributed by atoms with Crippen LogP contribution in [0.3, 0.4) is 0 Å². The zero-order valence-electron chi connectivity index (χ0n) is 11.6. The molecule has 0 radical (unpaired) electrons. The summed E-state index contributed by atoms with van der Waals surface area (Å²) < 4.78 is 29.7. The van der Waals surface area contributed by atoms with Gasteiger partial charge >= 0.3 is 5.97 Å². The van der Waals surface area contributed by atoms with Crippen LogP contribution in [-0.4, -0.2) is 61.3 Å². The Kier molecular flexibility index (Phi) is 4.06. The Morgan fingerprint density at radius 2 is 2.10 bits per heavy atom. The first-order valence-electron chi connectivity index (χ1n) is 6.30. The smallest absolute Gasteiger partial charge is 0.326 e. The lowest BCUT2D eigenvalue weighted by molar-refractivity contribution is -0.141. The Morgan fingerprint density at radius 3 is 2.67 bits per heavy atom. The summed E-state index contributed by atoms with van der Waals surface area (Å²) in [6.07, 6.45) is 2.03. The summed E-state index contributed by atoms with van der Waals surface area (Å²) in [5, 5.41) is 8.72. The quantitative estimate of drug-likeness (QED) is 0.851. The predicted molar refractivity (Wildman–Crippen MR) is 71.3 cm³/mol. The highest BCUT2D eigenvalue weighted by molar-refractivity contribution is 7.88. The number of likely N-dealkylation sites (tertiary alicyclic amines) is 1. The molecule has 0 aromatic carbocycles. The summed E-state index contributed by atoms with van der Waals surface area (Å²) in [4.78, 5) is 24.6. The monoisotopic (exact) mass is 316 g/mol. The highest BCUT2D eigenvalue weighted by Gasteiger charge is 2.35. The molecule has 1 aliphatic heterocycles. The van der Waals surface area contributed by atoms with Gasteiger partial charge in [0.1, 0.15) is 12.3 Å². The number of carbonyl (C=O) groups excluding carboxylic acids is 1. The molecule has 1 aliphatic rings. The lowest BCUT2D eigenvalue weighted by atomic mass is 10.2. The topological polar surface area (TPSA) is 108 Å². The molecule has 116 valence electrons. The summed E-state index contributed by atoms with van der Waals surface area (Å²) in [5.74, 6) is -1.60. The first-order valence-corrected chi connectivity index (χ1v) is 7.74. The van der Waals surface area contributed by atoms with Crippen molar-refractivity contribution in [2.45, 2.75) is 24.0 Å². The Morgan fingerprint density at radius 1 is 1.43 bits per heavy atom. The average molecular weight is 316 g/mol. The van der Waals surface area contributed by atoms with Crippen molar-refractivity contribution in [3.63, 3.8) is 0 Å². The normalized spacial score (nSPS) is 19.2. The van der Waals surface area contributed by atoms with Crippen LogP contribution in [0.5, 0.6) is 0 Å². The van der Waals surface area contributed by atoms with E-state index in [-0.39, 0.29) is 10.7 Å². The van der Waals surface area contributed by atoms with Crippen LogP contribution < -0.4 is 0 Å². The van der Waals surface area contributed by atoms with E-state index < -0.39 is 27.9 Å². The molecule has 0 spiro atoms. The van der Waals surface area contributed by atoms with Gasteiger partial charge in [-0.25, -0.2) is 17.5 Å². The van der Waals surface area contributed by atoms with Gasteiger partial charge in [-0.05, 0) is 12.8 Å². The van der Waals surface area contributed by atoms with E-state index in [0.717, 1.165) is 16.6 Å². The van der Waals surface area contributed by atoms with Crippen LogP contribution in [0.4, 0.5) is 0 Å². The minimum atomic E-state index is -3.76. The second-order valence-corrected chi connectivity index (χ2v) is 7.02. The molecule has 0 unspecified atom stereocenters. The maximum absolute atomic E-state index is 12.3. The molecule has 1 amide bonds. The Balaban J connectivity index is 2.26. The number of rotatable bonds is 4. The van der Waals surface area contributed by atoms with Crippen LogP contribution in [0.15, 0.2) is 21.8 Å². The van der Waals surface area contributed by atoms with Crippen LogP contribution in [0, 0.1) is 0 Å². The second-order valence-electron chi connectivity index (χ2n) is 4.94. The molecule has 8 nitrogen and oxygen atoms in total. The summed E-state index contributed by atoms with van der Waals surface area (Å²) >= 11 is 0. The van der Waals surface area contributed by atoms with E-state index in [1.165, 1.54) is 19.0 Å². The molecule has 1 aromatic heterocycles. The fourth-order valence-corrected chi connectivity index (χ4v) is 2.98. The molecular weight excluding hydrogens is 300 g/mol. The Hall–Kier alpha value is -1.87. The van der Waals surface area contributed by atoms with Crippen molar-refractivity contribution >= 4 is 21.9 Å². The maximum atomic E-state index is 12.3. The van der Waals surface area contributed by atoms with Crippen LogP contribution in [0.1, 0.15) is 23.2 Å². The minimum Gasteiger partial charge on any atom is -0.480 e. The second kappa shape index (κ2) is 5.49. The van der Waals surface area contributed by atoms with Crippen molar-refractivity contribution in [3.8, 4) is 0 Å². The van der Waals surface area contributed by atoms with Gasteiger partial charge in [0.25, 0.3) is 15.9 Å². The van der Waals surface area contributed by atoms with Gasteiger partial charge in [0, 0.05) is 26.7 Å². The molecule has 1 atom stereocenters. The highest BCUT2D eigenvalue weighted by Crippen LogP contribution is 2.23. The lowest BCUT2D eigenvalue weighted by Crippen LogP contribution is -2.40. The number of sulfonamides is 1. The van der Waals surface area contributed by atoms with Crippen LogP contribution in [0.2, 0.25) is 0 Å². The van der Waals surface area contributed by atoms with Crippen LogP contribution in [-0.2, 0) is 14.8 Å². The van der Waals surface area contributed by atoms with Crippen molar-refractivity contribution < 1.29 is 27.5 Å². The van der Waals surface area contributed by atoms with Crippen molar-refractivity contribution in [3.05, 3.63) is 17.9 Å². The van der Waals surface area contributed by atoms with Crippen molar-refractivity contribution in [1.29, 1.82) is 0 Å². The first kappa shape index (κ1) is 15.5. The third-order valence-electron chi connectivity index (χ3n) is 3.36. The van der Waals surface area contributed by atoms with Gasteiger partial charge in [-0.1, -0.05) is 0 Å². The largest absolute Gasteiger partial charge is 0.480 e. The van der Waals surface area contributed by atoms with Gasteiger partial charge in [-0.15, -0.1) is 0 Å². The molecule has 2 heterocycles. The molecule has 1 fully saturated rings. The van der Waals surface area contributed by atoms with Gasteiger partial charge in [0.15, 0.2) is 0 Å². The molecule has 0 saturated carbocycles. The summed E-state index contributed by atoms with van der Waals surface area (Å²) in [5.41, 5.74) is 0.0311. The van der Waals surface area contributed by atoms with Crippen LogP contribution >= 0.6 is 0 Å². The SMILES string of the molecule is CN(C)S(=O)(=O)c1cc(C(=O)N2CCC[C@@H]2C(=O)O)co1. The number of amides is 1. The molecule has 1 aromatic rings. The number of aliphatic carboxylic acids is 1. The number of nitrogens with zero attached hydrogens (tertiary/aromatic N) is 2. The van der Waals surface area contributed by atoms with Gasteiger partial charge in [0.05, 0.1) is 5.56 Å². The number of furan rings is 1. The average Bonchev–Trinajstić information content (AvgIpc) is 3.07. The van der Waals surface area contributed by atoms with E-state index in [1.54, 1.807) is 0 Å². The summed E-state index contributed by atoms with van der Waals surface area (Å²) in [6, 6.07) is 0.246. The standard InChI is InChI=1S/C12H16N2O6S/c1-13(2)21(18,19)10-6-8(7-20-10)11(15)14-5-3-4-9(14)12(16)17/h6-7,9H,3-5H2,1-2H3,(H,16,17)/t9-/m1/s1. The van der Waals surface area contributed by atoms with Gasteiger partial charge in [-0.2, -0.15) is 0 Å². The van der Waals surface area contributed by atoms with E-state index in [0.29, 0.717) is 19.4 Å². The molecular formula is C12H16N2O6S. The molecule has 0 aliphatic carbocycles. The predicted octanol–water partition coefficient (Wildman–Crippen LogP) is 0.219. The number of carboxylic acids is 1. The Labute approximate surface area is 122 Å². The van der Waals surface area contributed by atoms with Crippen LogP contribution in [0.25, 0.3) is 0 Å². The van der Waals surface area contributed by atoms with Crippen molar-refractivity contribution in [2.75, 3.05) is 20.6 Å². The molecule has 2 rings (SSSR count). The van der Waals surface area contributed by atoms with E-state index in [2.05, 4.69) is 0 Å². The fourth-order valence-electron chi connectivity index (χ4n) is 2.18. The maximum Gasteiger partial charge on any atom is 0.326 e. The zero-order chi connectivity index (χ0) is 15.8. The third-order valence-corrected chi connectivity index (χ3v) is 5.04. The van der Waals surface area contributed by atoms with E-state index in [4.69, 9.17) is 9.52 Å². The Bertz CT molecular complexity index is 663. The molecule has 21 heavy (non-hydrogen) atoms. The minimum absolute atomic E-state index is 0.0311. The summed E-state index contributed by atoms with van der Waals surface area (Å²) in [7, 11) is -1.07. The molecule has 1 saturated heterocycles. The highest BCUT2D eigenvalue weighted by atomic mass is 32.2. The molecule has 1 N–H and O–H groups in total. The lowest BCUT2D eigenvalue weighted by Gasteiger charge is -2.20. The number of carboxylic acid groups (broad SMARTS) is 1. The summed E-state index contributed by atoms with van der Waals surface area (Å²) in [6.45, 7) is 0.330. The number of carbonyl (C=O) groups is 2. The third kappa shape index (κ3) is 2.79. The van der Waals surface area contributed by atoms with Crippen molar-refractivity contribution in [1.82, 2.24) is 9.21 Å². The van der Waals surface area contributed by atoms with E-state index in [9.17, 15) is 18.0 Å². The molecule has 9 heteroatoms. The number of hydrogen-bond acceptors (Lipinski definition) is 5. The van der Waals surface area contributed by atoms with E-state index >= 15 is 0 Å². The van der Waals surface area contributed by atoms with Gasteiger partial charge in [0.2, 0.25) is 5.09 Å². The first-order chi connectivity index (χ1) is 9.75.